The van der Waals surface area contributed by atoms with Crippen molar-refractivity contribution in [2.24, 2.45) is 17.4 Å². The highest BCUT2D eigenvalue weighted by Crippen LogP contribution is 2.32. The van der Waals surface area contributed by atoms with Crippen molar-refractivity contribution in [3.8, 4) is 0 Å². The van der Waals surface area contributed by atoms with Gasteiger partial charge in [-0.1, -0.05) is 44.2 Å². The highest BCUT2D eigenvalue weighted by atomic mass is 16.2. The molecular formula is C31H39N7O5. The molecular weight excluding hydrogens is 550 g/mol. The summed E-state index contributed by atoms with van der Waals surface area (Å²) in [6.07, 6.45) is 0.0219. The van der Waals surface area contributed by atoms with Crippen molar-refractivity contribution >= 4 is 46.3 Å². The van der Waals surface area contributed by atoms with E-state index in [0.29, 0.717) is 5.69 Å². The fraction of sp³-hybridized carbons (Fsp3) is 0.387. The second-order valence-electron chi connectivity index (χ2n) is 11.5. The summed E-state index contributed by atoms with van der Waals surface area (Å²) in [7, 11) is 1.50. The third-order valence-corrected chi connectivity index (χ3v) is 7.70. The molecule has 12 nitrogen and oxygen atoms in total. The third kappa shape index (κ3) is 7.14. The van der Waals surface area contributed by atoms with Gasteiger partial charge in [0.2, 0.25) is 23.6 Å². The lowest BCUT2D eigenvalue weighted by Crippen LogP contribution is -2.59. The van der Waals surface area contributed by atoms with Gasteiger partial charge in [-0.25, -0.2) is 4.79 Å². The van der Waals surface area contributed by atoms with Crippen LogP contribution in [0.25, 0.3) is 10.9 Å². The van der Waals surface area contributed by atoms with E-state index in [-0.39, 0.29) is 25.3 Å². The number of hydrogen-bond donors (Lipinski definition) is 5. The minimum atomic E-state index is -1.32. The Kier molecular flexibility index (Phi) is 9.37. The normalized spacial score (nSPS) is 15.8. The van der Waals surface area contributed by atoms with Crippen LogP contribution in [0.15, 0.2) is 48.5 Å². The average molecular weight is 590 g/mol. The van der Waals surface area contributed by atoms with Gasteiger partial charge < -0.3 is 36.9 Å². The van der Waals surface area contributed by atoms with Crippen LogP contribution in [0.4, 0.5) is 10.5 Å². The smallest absolute Gasteiger partial charge is 0.322 e. The molecule has 1 aromatic heterocycles. The number of urea groups is 1. The molecule has 3 atom stereocenters. The summed E-state index contributed by atoms with van der Waals surface area (Å²) in [5.41, 5.74) is 14.9. The van der Waals surface area contributed by atoms with Gasteiger partial charge in [0.15, 0.2) is 0 Å². The molecule has 0 radical (unpaired) electrons. The number of nitrogens with one attached hydrogen (secondary N) is 3. The molecule has 0 bridgehead atoms. The number of rotatable bonds is 10. The number of nitrogens with two attached hydrogens (primary N) is 2. The van der Waals surface area contributed by atoms with Gasteiger partial charge in [0.25, 0.3) is 0 Å². The lowest BCUT2D eigenvalue weighted by atomic mass is 9.94. The monoisotopic (exact) mass is 589 g/mol. The standard InChI is InChI=1S/C31H39N7O5/c1-17(2)12-25(29(41)36-23(28(33)40)15-27(32)39)37(4)30(42)26-14-21-20-10-5-6-11-22(20)35-24(21)16-38(26)31(43)34-19-9-7-8-18(3)13-19/h5-11,13,17,23,25-26,35H,12,14-16H2,1-4H3,(H2,32,39)(H2,33,40)(H,34,43)(H,36,41)/t23-,25-,26+/m0/s1. The highest BCUT2D eigenvalue weighted by molar-refractivity contribution is 5.98. The molecule has 0 saturated heterocycles. The molecule has 228 valence electrons. The summed E-state index contributed by atoms with van der Waals surface area (Å²) in [5, 5.41) is 6.37. The first kappa shape index (κ1) is 31.1. The number of primary amides is 2. The zero-order valence-electron chi connectivity index (χ0n) is 24.8. The van der Waals surface area contributed by atoms with Gasteiger partial charge in [-0.15, -0.1) is 0 Å². The van der Waals surface area contributed by atoms with Crippen molar-refractivity contribution in [1.29, 1.82) is 0 Å². The van der Waals surface area contributed by atoms with Crippen molar-refractivity contribution < 1.29 is 24.0 Å². The first-order valence-electron chi connectivity index (χ1n) is 14.2. The number of amides is 6. The maximum absolute atomic E-state index is 14.3. The molecule has 0 saturated carbocycles. The van der Waals surface area contributed by atoms with Crippen molar-refractivity contribution in [1.82, 2.24) is 20.1 Å². The maximum Gasteiger partial charge on any atom is 0.322 e. The molecule has 6 amide bonds. The zero-order valence-corrected chi connectivity index (χ0v) is 24.8. The molecule has 12 heteroatoms. The number of fused-ring (bicyclic) bond motifs is 3. The van der Waals surface area contributed by atoms with Crippen molar-refractivity contribution in [2.45, 2.75) is 64.7 Å². The molecule has 2 aromatic carbocycles. The molecule has 43 heavy (non-hydrogen) atoms. The molecule has 0 aliphatic carbocycles. The van der Waals surface area contributed by atoms with Gasteiger partial charge >= 0.3 is 6.03 Å². The van der Waals surface area contributed by atoms with E-state index in [2.05, 4.69) is 15.6 Å². The van der Waals surface area contributed by atoms with Crippen LogP contribution >= 0.6 is 0 Å². The number of aromatic amines is 1. The first-order valence-corrected chi connectivity index (χ1v) is 14.2. The molecule has 2 heterocycles. The van der Waals surface area contributed by atoms with Gasteiger partial charge in [-0.3, -0.25) is 19.2 Å². The minimum absolute atomic E-state index is 0.0125. The Bertz CT molecular complexity index is 1550. The molecule has 7 N–H and O–H groups in total. The number of anilines is 1. The Balaban J connectivity index is 1.67. The number of likely N-dealkylation sites (N-methyl/N-ethyl adjacent to an activating group) is 1. The number of aryl methyl sites for hydroxylation is 1. The average Bonchev–Trinajstić information content (AvgIpc) is 3.31. The SMILES string of the molecule is Cc1cccc(NC(=O)N2Cc3[nH]c4ccccc4c3C[C@@H]2C(=O)N(C)[C@@H](CC(C)C)C(=O)N[C@@H](CC(N)=O)C(N)=O)c1. The van der Waals surface area contributed by atoms with Crippen LogP contribution < -0.4 is 22.1 Å². The van der Waals surface area contributed by atoms with Crippen molar-refractivity contribution in [2.75, 3.05) is 12.4 Å². The Morgan fingerprint density at radius 2 is 1.79 bits per heavy atom. The summed E-state index contributed by atoms with van der Waals surface area (Å²) in [6, 6.07) is 11.4. The van der Waals surface area contributed by atoms with Crippen molar-refractivity contribution in [3.63, 3.8) is 0 Å². The van der Waals surface area contributed by atoms with E-state index in [0.717, 1.165) is 27.7 Å². The van der Waals surface area contributed by atoms with Gasteiger partial charge in [0.1, 0.15) is 18.1 Å². The molecule has 4 rings (SSSR count). The van der Waals surface area contributed by atoms with Crippen molar-refractivity contribution in [3.05, 3.63) is 65.4 Å². The number of nitrogens with zero attached hydrogens (tertiary/aromatic N) is 2. The van der Waals surface area contributed by atoms with Crippen LogP contribution in [0.5, 0.6) is 0 Å². The van der Waals surface area contributed by atoms with Gasteiger partial charge in [-0.2, -0.15) is 0 Å². The van der Waals surface area contributed by atoms with Gasteiger partial charge in [-0.05, 0) is 48.6 Å². The lowest BCUT2D eigenvalue weighted by molar-refractivity contribution is -0.144. The van der Waals surface area contributed by atoms with E-state index in [1.54, 1.807) is 6.07 Å². The van der Waals surface area contributed by atoms with Gasteiger partial charge in [0, 0.05) is 35.8 Å². The number of carbonyl (C=O) groups excluding carboxylic acids is 5. The lowest BCUT2D eigenvalue weighted by Gasteiger charge is -2.39. The number of aromatic nitrogens is 1. The number of H-pyrrole nitrogens is 1. The summed E-state index contributed by atoms with van der Waals surface area (Å²) >= 11 is 0. The van der Waals surface area contributed by atoms with E-state index < -0.39 is 54.2 Å². The fourth-order valence-electron chi connectivity index (χ4n) is 5.53. The van der Waals surface area contributed by atoms with E-state index in [9.17, 15) is 24.0 Å². The van der Waals surface area contributed by atoms with Crippen LogP contribution in [0, 0.1) is 12.8 Å². The summed E-state index contributed by atoms with van der Waals surface area (Å²) in [4.78, 5) is 71.0. The van der Waals surface area contributed by atoms with Crippen LogP contribution in [-0.4, -0.2) is 69.6 Å². The predicted molar refractivity (Wildman–Crippen MR) is 162 cm³/mol. The van der Waals surface area contributed by atoms with Crippen LogP contribution in [0.1, 0.15) is 43.5 Å². The predicted octanol–water partition coefficient (Wildman–Crippen LogP) is 2.15. The topological polar surface area (TPSA) is 184 Å². The van der Waals surface area contributed by atoms with E-state index in [4.69, 9.17) is 11.5 Å². The maximum atomic E-state index is 14.3. The Morgan fingerprint density at radius 1 is 1.07 bits per heavy atom. The molecule has 0 fully saturated rings. The second kappa shape index (κ2) is 13.0. The molecule has 0 spiro atoms. The van der Waals surface area contributed by atoms with E-state index in [1.165, 1.54) is 16.8 Å². The fourth-order valence-corrected chi connectivity index (χ4v) is 5.53. The Hall–Kier alpha value is -4.87. The quantitative estimate of drug-likeness (QED) is 0.242. The zero-order chi connectivity index (χ0) is 31.4. The third-order valence-electron chi connectivity index (χ3n) is 7.70. The largest absolute Gasteiger partial charge is 0.370 e. The van der Waals surface area contributed by atoms with Crippen LogP contribution in [-0.2, 0) is 32.1 Å². The van der Waals surface area contributed by atoms with Crippen LogP contribution in [0.3, 0.4) is 0 Å². The minimum Gasteiger partial charge on any atom is -0.370 e. The molecule has 1 aliphatic rings. The molecule has 0 unspecified atom stereocenters. The summed E-state index contributed by atoms with van der Waals surface area (Å²) in [5.74, 6) is -2.82. The van der Waals surface area contributed by atoms with E-state index >= 15 is 0 Å². The second-order valence-corrected chi connectivity index (χ2v) is 11.5. The van der Waals surface area contributed by atoms with E-state index in [1.807, 2.05) is 63.2 Å². The number of carbonyl (C=O) groups is 5. The summed E-state index contributed by atoms with van der Waals surface area (Å²) in [6.45, 7) is 5.86. The van der Waals surface area contributed by atoms with Crippen LogP contribution in [0.2, 0.25) is 0 Å². The number of benzene rings is 2. The number of hydrogen-bond acceptors (Lipinski definition) is 5. The number of para-hydroxylation sites is 1. The van der Waals surface area contributed by atoms with Gasteiger partial charge in [0.05, 0.1) is 13.0 Å². The highest BCUT2D eigenvalue weighted by Gasteiger charge is 2.41. The first-order chi connectivity index (χ1) is 20.3. The Morgan fingerprint density at radius 3 is 2.44 bits per heavy atom. The molecule has 3 aromatic rings. The summed E-state index contributed by atoms with van der Waals surface area (Å²) < 4.78 is 0. The Labute approximate surface area is 250 Å². The molecule has 1 aliphatic heterocycles.